The predicted octanol–water partition coefficient (Wildman–Crippen LogP) is 1.99. The topological polar surface area (TPSA) is 129 Å². The maximum Gasteiger partial charge on any atom is 0.310 e. The van der Waals surface area contributed by atoms with Gasteiger partial charge in [-0.2, -0.15) is 15.0 Å². The molecule has 0 atom stereocenters. The minimum absolute atomic E-state index is 0.0759. The summed E-state index contributed by atoms with van der Waals surface area (Å²) in [7, 11) is 3.57. The molecule has 0 bridgehead atoms. The number of benzene rings is 1. The van der Waals surface area contributed by atoms with Gasteiger partial charge < -0.3 is 24.6 Å². The van der Waals surface area contributed by atoms with E-state index in [9.17, 15) is 4.79 Å². The van der Waals surface area contributed by atoms with Crippen LogP contribution in [0.25, 0.3) is 0 Å². The second-order valence-corrected chi connectivity index (χ2v) is 6.88. The van der Waals surface area contributed by atoms with Gasteiger partial charge in [0, 0.05) is 14.1 Å². The lowest BCUT2D eigenvalue weighted by atomic mass is 10.1. The highest BCUT2D eigenvalue weighted by Crippen LogP contribution is 2.18. The number of nitrogens with zero attached hydrogens (tertiary/aromatic N) is 5. The van der Waals surface area contributed by atoms with E-state index in [1.807, 2.05) is 26.0 Å². The summed E-state index contributed by atoms with van der Waals surface area (Å²) in [5.74, 6) is 1.80. The van der Waals surface area contributed by atoms with E-state index in [2.05, 4.69) is 20.1 Å². The second kappa shape index (κ2) is 9.21. The molecule has 1 aromatic carbocycles. The molecule has 0 fully saturated rings. The number of carbonyl (C=O) groups is 1. The summed E-state index contributed by atoms with van der Waals surface area (Å²) < 4.78 is 16.1. The smallest absolute Gasteiger partial charge is 0.310 e. The fourth-order valence-corrected chi connectivity index (χ4v) is 2.62. The first-order valence-corrected chi connectivity index (χ1v) is 9.28. The highest BCUT2D eigenvalue weighted by molar-refractivity contribution is 5.72. The number of hydrogen-bond acceptors (Lipinski definition) is 10. The molecule has 0 aliphatic rings. The zero-order valence-electron chi connectivity index (χ0n) is 17.4. The first kappa shape index (κ1) is 21.0. The van der Waals surface area contributed by atoms with Gasteiger partial charge in [-0.25, -0.2) is 0 Å². The van der Waals surface area contributed by atoms with Gasteiger partial charge in [-0.1, -0.05) is 17.3 Å². The number of esters is 1. The van der Waals surface area contributed by atoms with E-state index in [0.717, 1.165) is 22.6 Å². The minimum Gasteiger partial charge on any atom is -0.489 e. The van der Waals surface area contributed by atoms with Crippen molar-refractivity contribution < 1.29 is 18.8 Å². The monoisotopic (exact) mass is 412 g/mol. The third-order valence-corrected chi connectivity index (χ3v) is 4.29. The van der Waals surface area contributed by atoms with Gasteiger partial charge in [0.15, 0.2) is 12.4 Å². The molecular formula is C20H24N6O4. The van der Waals surface area contributed by atoms with Gasteiger partial charge in [0.05, 0.1) is 17.7 Å². The zero-order valence-corrected chi connectivity index (χ0v) is 17.4. The normalized spacial score (nSPS) is 10.7. The Balaban J connectivity index is 1.51. The lowest BCUT2D eigenvalue weighted by Crippen LogP contribution is -2.17. The molecule has 10 nitrogen and oxygen atoms in total. The summed E-state index contributed by atoms with van der Waals surface area (Å²) in [6, 6.07) is 7.23. The van der Waals surface area contributed by atoms with E-state index in [1.54, 1.807) is 31.1 Å². The van der Waals surface area contributed by atoms with Crippen LogP contribution in [0.2, 0.25) is 0 Å². The molecule has 0 radical (unpaired) electrons. The van der Waals surface area contributed by atoms with Gasteiger partial charge in [0.2, 0.25) is 11.9 Å². The van der Waals surface area contributed by atoms with Gasteiger partial charge in [-0.05, 0) is 31.5 Å². The Hall–Kier alpha value is -3.69. The molecule has 10 heteroatoms. The summed E-state index contributed by atoms with van der Waals surface area (Å²) in [5.41, 5.74) is 8.20. The van der Waals surface area contributed by atoms with Crippen LogP contribution < -0.4 is 15.4 Å². The Morgan fingerprint density at radius 3 is 2.47 bits per heavy atom. The fraction of sp³-hybridized carbons (Fsp3) is 0.350. The van der Waals surface area contributed by atoms with Gasteiger partial charge in [0.25, 0.3) is 0 Å². The number of hydrogen-bond donors (Lipinski definition) is 1. The number of anilines is 2. The van der Waals surface area contributed by atoms with Gasteiger partial charge in [0.1, 0.15) is 18.1 Å². The summed E-state index contributed by atoms with van der Waals surface area (Å²) in [4.78, 5) is 26.0. The van der Waals surface area contributed by atoms with Crippen molar-refractivity contribution in [2.24, 2.45) is 0 Å². The number of aryl methyl sites for hydroxylation is 2. The predicted molar refractivity (Wildman–Crippen MR) is 109 cm³/mol. The molecule has 0 saturated heterocycles. The Morgan fingerprint density at radius 1 is 1.10 bits per heavy atom. The summed E-state index contributed by atoms with van der Waals surface area (Å²) in [5, 5.41) is 3.90. The average molecular weight is 412 g/mol. The molecule has 2 aromatic heterocycles. The van der Waals surface area contributed by atoms with Crippen LogP contribution in [0.1, 0.15) is 28.4 Å². The standard InChI is InChI=1S/C20H24N6O4/c1-12-16(13(2)30-25-12)10-28-15-7-5-14(6-8-15)9-18(27)29-11-17-22-19(21)24-20(23-17)26(3)4/h5-8H,9-11H2,1-4H3,(H2,21,22,23,24). The van der Waals surface area contributed by atoms with E-state index in [-0.39, 0.29) is 19.0 Å². The van der Waals surface area contributed by atoms with Crippen molar-refractivity contribution in [3.63, 3.8) is 0 Å². The fourth-order valence-electron chi connectivity index (χ4n) is 2.62. The summed E-state index contributed by atoms with van der Waals surface area (Å²) >= 11 is 0. The molecule has 158 valence electrons. The van der Waals surface area contributed by atoms with E-state index < -0.39 is 5.97 Å². The van der Waals surface area contributed by atoms with Crippen LogP contribution in [0.3, 0.4) is 0 Å². The summed E-state index contributed by atoms with van der Waals surface area (Å²) in [6.45, 7) is 4.01. The number of carbonyl (C=O) groups excluding carboxylic acids is 1. The lowest BCUT2D eigenvalue weighted by molar-refractivity contribution is -0.144. The molecule has 2 heterocycles. The number of nitrogens with two attached hydrogens (primary N) is 1. The number of ether oxygens (including phenoxy) is 2. The Labute approximate surface area is 174 Å². The SMILES string of the molecule is Cc1noc(C)c1COc1ccc(CC(=O)OCc2nc(N)nc(N(C)C)n2)cc1. The average Bonchev–Trinajstić information content (AvgIpc) is 3.03. The molecular weight excluding hydrogens is 388 g/mol. The van der Waals surface area contributed by atoms with Crippen LogP contribution in [0.15, 0.2) is 28.8 Å². The molecule has 0 spiro atoms. The Kier molecular flexibility index (Phi) is 6.45. The molecule has 30 heavy (non-hydrogen) atoms. The van der Waals surface area contributed by atoms with Gasteiger partial charge in [-0.3, -0.25) is 4.79 Å². The first-order valence-electron chi connectivity index (χ1n) is 9.28. The van der Waals surface area contributed by atoms with E-state index in [1.165, 1.54) is 0 Å². The van der Waals surface area contributed by atoms with Crippen LogP contribution in [0.5, 0.6) is 5.75 Å². The van der Waals surface area contributed by atoms with Crippen LogP contribution in [-0.4, -0.2) is 40.2 Å². The quantitative estimate of drug-likeness (QED) is 0.548. The largest absolute Gasteiger partial charge is 0.489 e. The molecule has 0 aliphatic carbocycles. The van der Waals surface area contributed by atoms with Crippen LogP contribution in [0.4, 0.5) is 11.9 Å². The van der Waals surface area contributed by atoms with E-state index in [4.69, 9.17) is 19.7 Å². The highest BCUT2D eigenvalue weighted by atomic mass is 16.5. The number of aromatic nitrogens is 4. The van der Waals surface area contributed by atoms with Crippen molar-refractivity contribution in [3.8, 4) is 5.75 Å². The Morgan fingerprint density at radius 2 is 1.83 bits per heavy atom. The summed E-state index contributed by atoms with van der Waals surface area (Å²) in [6.07, 6.45) is 0.116. The van der Waals surface area contributed by atoms with Crippen molar-refractivity contribution in [2.45, 2.75) is 33.5 Å². The Bertz CT molecular complexity index is 997. The third-order valence-electron chi connectivity index (χ3n) is 4.29. The van der Waals surface area contributed by atoms with Crippen molar-refractivity contribution in [3.05, 3.63) is 52.7 Å². The third kappa shape index (κ3) is 5.43. The molecule has 3 rings (SSSR count). The van der Waals surface area contributed by atoms with Gasteiger partial charge >= 0.3 is 5.97 Å². The molecule has 0 amide bonds. The minimum atomic E-state index is -0.398. The van der Waals surface area contributed by atoms with Crippen molar-refractivity contribution >= 4 is 17.9 Å². The van der Waals surface area contributed by atoms with Crippen molar-refractivity contribution in [1.29, 1.82) is 0 Å². The van der Waals surface area contributed by atoms with Crippen molar-refractivity contribution in [1.82, 2.24) is 20.1 Å². The zero-order chi connectivity index (χ0) is 21.7. The van der Waals surface area contributed by atoms with Crippen LogP contribution >= 0.6 is 0 Å². The first-order chi connectivity index (χ1) is 14.3. The van der Waals surface area contributed by atoms with Crippen LogP contribution in [0, 0.1) is 13.8 Å². The number of nitrogen functional groups attached to an aromatic ring is 1. The molecule has 0 aliphatic heterocycles. The van der Waals surface area contributed by atoms with Crippen molar-refractivity contribution in [2.75, 3.05) is 24.7 Å². The number of rotatable bonds is 8. The molecule has 3 aromatic rings. The van der Waals surface area contributed by atoms with Gasteiger partial charge in [-0.15, -0.1) is 0 Å². The second-order valence-electron chi connectivity index (χ2n) is 6.88. The van der Waals surface area contributed by atoms with E-state index in [0.29, 0.717) is 24.1 Å². The maximum absolute atomic E-state index is 12.1. The maximum atomic E-state index is 12.1. The van der Waals surface area contributed by atoms with E-state index >= 15 is 0 Å². The lowest BCUT2D eigenvalue weighted by Gasteiger charge is -2.11. The van der Waals surface area contributed by atoms with Crippen LogP contribution in [-0.2, 0) is 29.2 Å². The molecule has 0 saturated carbocycles. The molecule has 0 unspecified atom stereocenters. The molecule has 2 N–H and O–H groups in total. The highest BCUT2D eigenvalue weighted by Gasteiger charge is 2.12.